The SMILES string of the molecule is Cn1nnc(N2C(=O)C(O)=C(C(=O)c3ccco3)[C@@H]2c2cccs2)n1. The van der Waals surface area contributed by atoms with Gasteiger partial charge >= 0.3 is 0 Å². The number of aliphatic hydroxyl groups is 1. The number of furan rings is 1. The number of aromatic nitrogens is 4. The lowest BCUT2D eigenvalue weighted by Gasteiger charge is -2.21. The second-order valence-corrected chi connectivity index (χ2v) is 6.22. The lowest BCUT2D eigenvalue weighted by molar-refractivity contribution is -0.117. The van der Waals surface area contributed by atoms with Crippen LogP contribution >= 0.6 is 11.3 Å². The Kier molecular flexibility index (Phi) is 3.46. The molecule has 0 saturated carbocycles. The molecule has 0 fully saturated rings. The fourth-order valence-electron chi connectivity index (χ4n) is 2.67. The van der Waals surface area contributed by atoms with Crippen LogP contribution in [0.2, 0.25) is 0 Å². The van der Waals surface area contributed by atoms with E-state index in [2.05, 4.69) is 15.4 Å². The molecule has 0 spiro atoms. The van der Waals surface area contributed by atoms with Crippen molar-refractivity contribution in [3.05, 3.63) is 57.9 Å². The van der Waals surface area contributed by atoms with E-state index < -0.39 is 23.5 Å². The van der Waals surface area contributed by atoms with E-state index >= 15 is 0 Å². The molecule has 1 aliphatic rings. The molecule has 1 atom stereocenters. The quantitative estimate of drug-likeness (QED) is 0.706. The molecular weight excluding hydrogens is 346 g/mol. The highest BCUT2D eigenvalue weighted by atomic mass is 32.1. The van der Waals surface area contributed by atoms with Gasteiger partial charge in [0.1, 0.15) is 6.04 Å². The Morgan fingerprint density at radius 1 is 1.36 bits per heavy atom. The summed E-state index contributed by atoms with van der Waals surface area (Å²) >= 11 is 1.34. The van der Waals surface area contributed by atoms with E-state index in [0.29, 0.717) is 4.88 Å². The Labute approximate surface area is 144 Å². The third-order valence-electron chi connectivity index (χ3n) is 3.72. The van der Waals surface area contributed by atoms with Crippen molar-refractivity contribution in [1.29, 1.82) is 0 Å². The van der Waals surface area contributed by atoms with Gasteiger partial charge < -0.3 is 9.52 Å². The van der Waals surface area contributed by atoms with Gasteiger partial charge in [0.15, 0.2) is 11.5 Å². The molecule has 1 amide bonds. The molecule has 126 valence electrons. The van der Waals surface area contributed by atoms with Crippen molar-refractivity contribution in [2.24, 2.45) is 7.05 Å². The van der Waals surface area contributed by atoms with Gasteiger partial charge in [0.25, 0.3) is 11.9 Å². The van der Waals surface area contributed by atoms with Gasteiger partial charge in [-0.25, -0.2) is 0 Å². The molecule has 1 N–H and O–H groups in total. The number of Topliss-reactive ketones (excluding diaryl/α,β-unsaturated/α-hetero) is 1. The van der Waals surface area contributed by atoms with E-state index in [4.69, 9.17) is 4.42 Å². The Balaban J connectivity index is 1.86. The monoisotopic (exact) mass is 357 g/mol. The topological polar surface area (TPSA) is 114 Å². The smallest absolute Gasteiger partial charge is 0.296 e. The number of hydrogen-bond acceptors (Lipinski definition) is 8. The van der Waals surface area contributed by atoms with Gasteiger partial charge in [-0.15, -0.1) is 16.4 Å². The molecule has 0 aromatic carbocycles. The van der Waals surface area contributed by atoms with E-state index in [9.17, 15) is 14.7 Å². The number of ketones is 1. The summed E-state index contributed by atoms with van der Waals surface area (Å²) in [6.07, 6.45) is 1.35. The van der Waals surface area contributed by atoms with Crippen molar-refractivity contribution >= 4 is 29.0 Å². The minimum Gasteiger partial charge on any atom is -0.503 e. The third-order valence-corrected chi connectivity index (χ3v) is 4.65. The van der Waals surface area contributed by atoms with Crippen LogP contribution in [0.1, 0.15) is 21.5 Å². The average molecular weight is 357 g/mol. The normalized spacial score (nSPS) is 17.6. The Morgan fingerprint density at radius 3 is 2.80 bits per heavy atom. The van der Waals surface area contributed by atoms with E-state index in [1.54, 1.807) is 25.2 Å². The first-order valence-corrected chi connectivity index (χ1v) is 8.08. The van der Waals surface area contributed by atoms with E-state index in [1.807, 2.05) is 5.38 Å². The van der Waals surface area contributed by atoms with Crippen molar-refractivity contribution in [3.63, 3.8) is 0 Å². The molecule has 0 unspecified atom stereocenters. The number of anilines is 1. The molecule has 10 heteroatoms. The standard InChI is InChI=1S/C15H11N5O4S/c1-19-17-15(16-18-19)20-11(9-5-3-7-25-9)10(13(22)14(20)23)12(21)8-4-2-6-24-8/h2-7,11,22H,1H3/t11-/m0/s1. The minimum atomic E-state index is -0.852. The lowest BCUT2D eigenvalue weighted by Crippen LogP contribution is -2.31. The van der Waals surface area contributed by atoms with Crippen LogP contribution in [-0.4, -0.2) is 37.0 Å². The fraction of sp³-hybridized carbons (Fsp3) is 0.133. The molecule has 3 aromatic heterocycles. The summed E-state index contributed by atoms with van der Waals surface area (Å²) in [7, 11) is 1.55. The lowest BCUT2D eigenvalue weighted by atomic mass is 10.0. The van der Waals surface area contributed by atoms with Gasteiger partial charge in [-0.3, -0.25) is 14.5 Å². The summed E-state index contributed by atoms with van der Waals surface area (Å²) in [5, 5.41) is 23.8. The number of rotatable bonds is 4. The van der Waals surface area contributed by atoms with E-state index in [1.165, 1.54) is 28.5 Å². The number of carbonyl (C=O) groups is 2. The molecule has 3 aromatic rings. The van der Waals surface area contributed by atoms with Gasteiger partial charge in [0.2, 0.25) is 5.78 Å². The summed E-state index contributed by atoms with van der Waals surface area (Å²) in [6.45, 7) is 0. The van der Waals surface area contributed by atoms with Crippen LogP contribution in [0, 0.1) is 0 Å². The summed E-state index contributed by atoms with van der Waals surface area (Å²) in [5.74, 6) is -1.95. The van der Waals surface area contributed by atoms with Crippen LogP contribution in [-0.2, 0) is 11.8 Å². The highest BCUT2D eigenvalue weighted by molar-refractivity contribution is 7.10. The first kappa shape index (κ1) is 15.3. The second-order valence-electron chi connectivity index (χ2n) is 5.24. The molecule has 0 aliphatic carbocycles. The molecule has 9 nitrogen and oxygen atoms in total. The van der Waals surface area contributed by atoms with Crippen LogP contribution in [0.15, 0.2) is 51.7 Å². The number of aliphatic hydroxyl groups excluding tert-OH is 1. The Hall–Kier alpha value is -3.27. The predicted molar refractivity (Wildman–Crippen MR) is 86.0 cm³/mol. The van der Waals surface area contributed by atoms with Crippen molar-refractivity contribution < 1.29 is 19.1 Å². The highest BCUT2D eigenvalue weighted by Gasteiger charge is 2.47. The second kappa shape index (κ2) is 5.67. The summed E-state index contributed by atoms with van der Waals surface area (Å²) in [5.41, 5.74) is -0.0742. The van der Waals surface area contributed by atoms with Crippen LogP contribution < -0.4 is 4.90 Å². The van der Waals surface area contributed by atoms with Crippen molar-refractivity contribution in [1.82, 2.24) is 20.2 Å². The fourth-order valence-corrected chi connectivity index (χ4v) is 3.49. The van der Waals surface area contributed by atoms with Gasteiger partial charge in [0.05, 0.1) is 18.9 Å². The molecule has 1 aliphatic heterocycles. The maximum absolute atomic E-state index is 12.8. The van der Waals surface area contributed by atoms with Crippen molar-refractivity contribution in [2.45, 2.75) is 6.04 Å². The largest absolute Gasteiger partial charge is 0.503 e. The van der Waals surface area contributed by atoms with Crippen LogP contribution in [0.5, 0.6) is 0 Å². The van der Waals surface area contributed by atoms with Gasteiger partial charge in [-0.1, -0.05) is 11.2 Å². The van der Waals surface area contributed by atoms with E-state index in [-0.39, 0.29) is 17.3 Å². The van der Waals surface area contributed by atoms with E-state index in [0.717, 1.165) is 4.90 Å². The van der Waals surface area contributed by atoms with Crippen molar-refractivity contribution in [3.8, 4) is 0 Å². The first-order valence-electron chi connectivity index (χ1n) is 7.20. The molecule has 4 rings (SSSR count). The Bertz CT molecular complexity index is 974. The molecule has 0 bridgehead atoms. The van der Waals surface area contributed by atoms with Gasteiger partial charge in [-0.2, -0.15) is 4.80 Å². The number of amides is 1. The van der Waals surface area contributed by atoms with Crippen LogP contribution in [0.25, 0.3) is 0 Å². The number of aryl methyl sites for hydroxylation is 1. The molecule has 4 heterocycles. The van der Waals surface area contributed by atoms with Crippen molar-refractivity contribution in [2.75, 3.05) is 4.90 Å². The number of carbonyl (C=O) groups excluding carboxylic acids is 2. The molecule has 25 heavy (non-hydrogen) atoms. The molecular formula is C15H11N5O4S. The van der Waals surface area contributed by atoms with Gasteiger partial charge in [-0.05, 0) is 28.8 Å². The predicted octanol–water partition coefficient (Wildman–Crippen LogP) is 1.65. The summed E-state index contributed by atoms with van der Waals surface area (Å²) in [4.78, 5) is 28.5. The zero-order valence-corrected chi connectivity index (χ0v) is 13.7. The maximum atomic E-state index is 12.8. The zero-order valence-electron chi connectivity index (χ0n) is 12.9. The zero-order chi connectivity index (χ0) is 17.6. The number of nitrogens with zero attached hydrogens (tertiary/aromatic N) is 5. The highest BCUT2D eigenvalue weighted by Crippen LogP contribution is 2.42. The van der Waals surface area contributed by atoms with Gasteiger partial charge in [0, 0.05) is 4.88 Å². The molecule has 0 saturated heterocycles. The number of tetrazole rings is 1. The third kappa shape index (κ3) is 2.34. The number of hydrogen-bond donors (Lipinski definition) is 1. The maximum Gasteiger partial charge on any atom is 0.296 e. The summed E-state index contributed by atoms with van der Waals surface area (Å²) in [6, 6.07) is 5.73. The minimum absolute atomic E-state index is 0.000283. The van der Waals surface area contributed by atoms with Crippen LogP contribution in [0.3, 0.4) is 0 Å². The first-order chi connectivity index (χ1) is 12.1. The molecule has 0 radical (unpaired) electrons. The Morgan fingerprint density at radius 2 is 2.20 bits per heavy atom. The van der Waals surface area contributed by atoms with Crippen LogP contribution in [0.4, 0.5) is 5.95 Å². The average Bonchev–Trinajstić information content (AvgIpc) is 3.36. The number of thiophene rings is 1. The summed E-state index contributed by atoms with van der Waals surface area (Å²) < 4.78 is 5.13.